The predicted molar refractivity (Wildman–Crippen MR) is 92.5 cm³/mol. The molecular formula is C17H18N2O5S. The Morgan fingerprint density at radius 1 is 1.28 bits per heavy atom. The molecule has 0 aliphatic carbocycles. The molecule has 1 aliphatic rings. The summed E-state index contributed by atoms with van der Waals surface area (Å²) < 4.78 is 16.1. The number of nitrogens with one attached hydrogen (secondary N) is 1. The second kappa shape index (κ2) is 7.98. The number of carbonyl (C=O) groups excluding carboxylic acids is 2. The van der Waals surface area contributed by atoms with Crippen LogP contribution in [0.4, 0.5) is 5.13 Å². The van der Waals surface area contributed by atoms with Crippen LogP contribution in [0.5, 0.6) is 11.5 Å². The summed E-state index contributed by atoms with van der Waals surface area (Å²) in [7, 11) is 0. The largest absolute Gasteiger partial charge is 0.490 e. The number of nitrogens with zero attached hydrogens (tertiary/aromatic N) is 1. The molecule has 8 heteroatoms. The Hall–Kier alpha value is -2.61. The number of aromatic nitrogens is 1. The van der Waals surface area contributed by atoms with Gasteiger partial charge in [-0.05, 0) is 24.6 Å². The predicted octanol–water partition coefficient (Wildman–Crippen LogP) is 2.66. The van der Waals surface area contributed by atoms with Crippen LogP contribution in [-0.4, -0.2) is 36.7 Å². The summed E-state index contributed by atoms with van der Waals surface area (Å²) in [6.07, 6.45) is 1.00. The van der Waals surface area contributed by atoms with Gasteiger partial charge in [-0.25, -0.2) is 9.78 Å². The van der Waals surface area contributed by atoms with Gasteiger partial charge < -0.3 is 19.5 Å². The highest BCUT2D eigenvalue weighted by atomic mass is 32.1. The van der Waals surface area contributed by atoms with Crippen LogP contribution in [0.25, 0.3) is 0 Å². The van der Waals surface area contributed by atoms with E-state index < -0.39 is 5.97 Å². The molecular weight excluding hydrogens is 344 g/mol. The van der Waals surface area contributed by atoms with Crippen molar-refractivity contribution >= 4 is 28.3 Å². The first-order valence-corrected chi connectivity index (χ1v) is 8.84. The molecule has 0 radical (unpaired) electrons. The molecule has 2 heterocycles. The standard InChI is InChI=1S/C17H18N2O5S/c1-2-22-16(21)12-10-25-17(18-12)19-15(20)9-11-4-5-13-14(8-11)24-7-3-6-23-13/h4-5,8,10H,2-3,6-7,9H2,1H3,(H,18,19,20). The number of ether oxygens (including phenoxy) is 3. The van der Waals surface area contributed by atoms with Crippen molar-refractivity contribution < 1.29 is 23.8 Å². The summed E-state index contributed by atoms with van der Waals surface area (Å²) in [5, 5.41) is 4.61. The average molecular weight is 362 g/mol. The zero-order valence-electron chi connectivity index (χ0n) is 13.7. The Labute approximate surface area is 148 Å². The number of anilines is 1. The molecule has 1 aromatic carbocycles. The average Bonchev–Trinajstić information content (AvgIpc) is 2.92. The van der Waals surface area contributed by atoms with Gasteiger partial charge in [0.15, 0.2) is 22.3 Å². The summed E-state index contributed by atoms with van der Waals surface area (Å²) in [5.41, 5.74) is 1.00. The van der Waals surface area contributed by atoms with Crippen LogP contribution < -0.4 is 14.8 Å². The molecule has 7 nitrogen and oxygen atoms in total. The van der Waals surface area contributed by atoms with Gasteiger partial charge in [-0.15, -0.1) is 11.3 Å². The lowest BCUT2D eigenvalue weighted by molar-refractivity contribution is -0.115. The van der Waals surface area contributed by atoms with Crippen LogP contribution >= 0.6 is 11.3 Å². The minimum absolute atomic E-state index is 0.172. The number of hydrogen-bond acceptors (Lipinski definition) is 7. The number of esters is 1. The highest BCUT2D eigenvalue weighted by molar-refractivity contribution is 7.14. The molecule has 0 bridgehead atoms. The van der Waals surface area contributed by atoms with Crippen molar-refractivity contribution in [2.75, 3.05) is 25.1 Å². The highest BCUT2D eigenvalue weighted by Crippen LogP contribution is 2.30. The van der Waals surface area contributed by atoms with E-state index in [1.165, 1.54) is 11.3 Å². The maximum Gasteiger partial charge on any atom is 0.357 e. The first-order chi connectivity index (χ1) is 12.2. The summed E-state index contributed by atoms with van der Waals surface area (Å²) in [4.78, 5) is 27.8. The van der Waals surface area contributed by atoms with Crippen molar-refractivity contribution in [3.8, 4) is 11.5 Å². The Balaban J connectivity index is 1.61. The van der Waals surface area contributed by atoms with E-state index in [1.807, 2.05) is 18.2 Å². The first kappa shape index (κ1) is 17.2. The van der Waals surface area contributed by atoms with Gasteiger partial charge in [-0.2, -0.15) is 0 Å². The molecule has 0 saturated heterocycles. The maximum absolute atomic E-state index is 12.2. The fourth-order valence-electron chi connectivity index (χ4n) is 2.30. The third kappa shape index (κ3) is 4.48. The molecule has 0 fully saturated rings. The van der Waals surface area contributed by atoms with Gasteiger partial charge in [0.2, 0.25) is 5.91 Å². The minimum Gasteiger partial charge on any atom is -0.490 e. The molecule has 0 unspecified atom stereocenters. The van der Waals surface area contributed by atoms with Gasteiger partial charge >= 0.3 is 5.97 Å². The van der Waals surface area contributed by atoms with E-state index in [9.17, 15) is 9.59 Å². The van der Waals surface area contributed by atoms with E-state index in [0.717, 1.165) is 12.0 Å². The first-order valence-electron chi connectivity index (χ1n) is 7.96. The number of thiazole rings is 1. The zero-order chi connectivity index (χ0) is 17.6. The molecule has 1 aromatic heterocycles. The monoisotopic (exact) mass is 362 g/mol. The molecule has 1 aliphatic heterocycles. The summed E-state index contributed by atoms with van der Waals surface area (Å²) in [6.45, 7) is 3.22. The lowest BCUT2D eigenvalue weighted by Crippen LogP contribution is -2.14. The molecule has 1 amide bonds. The number of fused-ring (bicyclic) bond motifs is 1. The summed E-state index contributed by atoms with van der Waals surface area (Å²) in [6, 6.07) is 5.45. The molecule has 3 rings (SSSR count). The normalized spacial score (nSPS) is 13.0. The fraction of sp³-hybridized carbons (Fsp3) is 0.353. The lowest BCUT2D eigenvalue weighted by Gasteiger charge is -2.09. The van der Waals surface area contributed by atoms with E-state index in [4.69, 9.17) is 14.2 Å². The number of benzene rings is 1. The Morgan fingerprint density at radius 3 is 2.88 bits per heavy atom. The van der Waals surface area contributed by atoms with Gasteiger partial charge in [0.25, 0.3) is 0 Å². The molecule has 132 valence electrons. The van der Waals surface area contributed by atoms with Crippen molar-refractivity contribution in [3.63, 3.8) is 0 Å². The lowest BCUT2D eigenvalue weighted by atomic mass is 10.1. The van der Waals surface area contributed by atoms with E-state index in [-0.39, 0.29) is 24.6 Å². The molecule has 0 saturated carbocycles. The Kier molecular flexibility index (Phi) is 5.49. The molecule has 0 atom stereocenters. The fourth-order valence-corrected chi connectivity index (χ4v) is 2.99. The van der Waals surface area contributed by atoms with Crippen molar-refractivity contribution in [2.24, 2.45) is 0 Å². The maximum atomic E-state index is 12.2. The van der Waals surface area contributed by atoms with Crippen LogP contribution in [0, 0.1) is 0 Å². The third-order valence-electron chi connectivity index (χ3n) is 3.41. The minimum atomic E-state index is -0.498. The van der Waals surface area contributed by atoms with Gasteiger partial charge in [-0.3, -0.25) is 4.79 Å². The van der Waals surface area contributed by atoms with Crippen LogP contribution in [0.15, 0.2) is 23.6 Å². The zero-order valence-corrected chi connectivity index (χ0v) is 14.6. The van der Waals surface area contributed by atoms with Crippen LogP contribution in [0.3, 0.4) is 0 Å². The highest BCUT2D eigenvalue weighted by Gasteiger charge is 2.15. The number of amides is 1. The second-order valence-corrected chi connectivity index (χ2v) is 6.17. The Morgan fingerprint density at radius 2 is 2.08 bits per heavy atom. The van der Waals surface area contributed by atoms with Gasteiger partial charge in [0.1, 0.15) is 0 Å². The topological polar surface area (TPSA) is 86.8 Å². The van der Waals surface area contributed by atoms with Crippen molar-refractivity contribution in [1.29, 1.82) is 0 Å². The summed E-state index contributed by atoms with van der Waals surface area (Å²) >= 11 is 1.18. The summed E-state index contributed by atoms with van der Waals surface area (Å²) in [5.74, 6) is 0.628. The quantitative estimate of drug-likeness (QED) is 0.823. The van der Waals surface area contributed by atoms with Gasteiger partial charge in [-0.1, -0.05) is 6.07 Å². The second-order valence-electron chi connectivity index (χ2n) is 5.31. The van der Waals surface area contributed by atoms with Crippen LogP contribution in [-0.2, 0) is 16.0 Å². The number of carbonyl (C=O) groups is 2. The van der Waals surface area contributed by atoms with E-state index in [1.54, 1.807) is 12.3 Å². The van der Waals surface area contributed by atoms with Crippen LogP contribution in [0.1, 0.15) is 29.4 Å². The molecule has 1 N–H and O–H groups in total. The number of hydrogen-bond donors (Lipinski definition) is 1. The third-order valence-corrected chi connectivity index (χ3v) is 4.17. The molecule has 25 heavy (non-hydrogen) atoms. The van der Waals surface area contributed by atoms with Crippen molar-refractivity contribution in [2.45, 2.75) is 19.8 Å². The SMILES string of the molecule is CCOC(=O)c1csc(NC(=O)Cc2ccc3c(c2)OCCCO3)n1. The van der Waals surface area contributed by atoms with E-state index in [0.29, 0.717) is 29.8 Å². The van der Waals surface area contributed by atoms with E-state index in [2.05, 4.69) is 10.3 Å². The smallest absolute Gasteiger partial charge is 0.357 e. The van der Waals surface area contributed by atoms with Gasteiger partial charge in [0, 0.05) is 11.8 Å². The van der Waals surface area contributed by atoms with Gasteiger partial charge in [0.05, 0.1) is 26.2 Å². The molecule has 0 spiro atoms. The molecule has 2 aromatic rings. The van der Waals surface area contributed by atoms with Crippen molar-refractivity contribution in [1.82, 2.24) is 4.98 Å². The van der Waals surface area contributed by atoms with Crippen LogP contribution in [0.2, 0.25) is 0 Å². The van der Waals surface area contributed by atoms with Crippen molar-refractivity contribution in [3.05, 3.63) is 34.8 Å². The number of rotatable bonds is 5. The van der Waals surface area contributed by atoms with E-state index >= 15 is 0 Å². The Bertz CT molecular complexity index is 774.